The van der Waals surface area contributed by atoms with Gasteiger partial charge in [-0.3, -0.25) is 0 Å². The van der Waals surface area contributed by atoms with E-state index in [1.165, 1.54) is 6.92 Å². The Labute approximate surface area is 80.4 Å². The fourth-order valence-electron chi connectivity index (χ4n) is 0.719. The van der Waals surface area contributed by atoms with Crippen molar-refractivity contribution < 1.29 is 31.5 Å². The Morgan fingerprint density at radius 1 is 1.40 bits per heavy atom. The molecule has 0 fully saturated rings. The van der Waals surface area contributed by atoms with Gasteiger partial charge in [0.1, 0.15) is 0 Å². The Kier molecular flexibility index (Phi) is 2.87. The Bertz CT molecular complexity index is 413. The van der Waals surface area contributed by atoms with Crippen LogP contribution < -0.4 is 5.82 Å². The molecule has 0 atom stereocenters. The SMILES string of the molecule is Cc1oc(=O)oc1COC(=O)C(F)(F)F. The quantitative estimate of drug-likeness (QED) is 0.707. The van der Waals surface area contributed by atoms with Crippen LogP contribution in [0.5, 0.6) is 0 Å². The van der Waals surface area contributed by atoms with Crippen molar-refractivity contribution in [1.29, 1.82) is 0 Å². The van der Waals surface area contributed by atoms with E-state index in [1.54, 1.807) is 0 Å². The predicted molar refractivity (Wildman–Crippen MR) is 37.8 cm³/mol. The van der Waals surface area contributed by atoms with Crippen LogP contribution in [0.3, 0.4) is 0 Å². The van der Waals surface area contributed by atoms with Gasteiger partial charge in [0, 0.05) is 0 Å². The molecule has 0 aliphatic rings. The van der Waals surface area contributed by atoms with E-state index in [9.17, 15) is 22.8 Å². The van der Waals surface area contributed by atoms with E-state index in [2.05, 4.69) is 13.6 Å². The minimum Gasteiger partial charge on any atom is -0.451 e. The summed E-state index contributed by atoms with van der Waals surface area (Å²) in [6.45, 7) is 0.498. The lowest BCUT2D eigenvalue weighted by atomic mass is 10.4. The molecule has 0 spiro atoms. The maximum atomic E-state index is 11.7. The van der Waals surface area contributed by atoms with Crippen molar-refractivity contribution in [2.24, 2.45) is 0 Å². The molecule has 1 heterocycles. The van der Waals surface area contributed by atoms with E-state index in [1.807, 2.05) is 0 Å². The molecule has 0 amide bonds. The van der Waals surface area contributed by atoms with E-state index in [4.69, 9.17) is 0 Å². The first-order valence-corrected chi connectivity index (χ1v) is 3.64. The van der Waals surface area contributed by atoms with Crippen molar-refractivity contribution in [3.05, 3.63) is 22.1 Å². The van der Waals surface area contributed by atoms with Gasteiger partial charge in [0.25, 0.3) is 0 Å². The topological polar surface area (TPSA) is 69.7 Å². The average molecular weight is 226 g/mol. The van der Waals surface area contributed by atoms with E-state index in [0.29, 0.717) is 0 Å². The smallest absolute Gasteiger partial charge is 0.451 e. The predicted octanol–water partition coefficient (Wildman–Crippen LogP) is 1.15. The zero-order valence-corrected chi connectivity index (χ0v) is 7.38. The van der Waals surface area contributed by atoms with Crippen LogP contribution in [0.25, 0.3) is 0 Å². The number of hydrogen-bond donors (Lipinski definition) is 0. The minimum atomic E-state index is -5.07. The minimum absolute atomic E-state index is 0.0324. The number of carbonyl (C=O) groups is 1. The second-order valence-electron chi connectivity index (χ2n) is 2.51. The van der Waals surface area contributed by atoms with Crippen molar-refractivity contribution in [3.8, 4) is 0 Å². The maximum Gasteiger partial charge on any atom is 0.519 e. The van der Waals surface area contributed by atoms with Gasteiger partial charge in [0.05, 0.1) is 0 Å². The number of carbonyl (C=O) groups excluding carboxylic acids is 1. The van der Waals surface area contributed by atoms with Gasteiger partial charge in [-0.15, -0.1) is 0 Å². The largest absolute Gasteiger partial charge is 0.519 e. The third-order valence-corrected chi connectivity index (χ3v) is 1.40. The van der Waals surface area contributed by atoms with E-state index in [0.717, 1.165) is 0 Å². The molecule has 5 nitrogen and oxygen atoms in total. The van der Waals surface area contributed by atoms with Gasteiger partial charge in [0.2, 0.25) is 0 Å². The molecule has 0 bridgehead atoms. The molecule has 1 aromatic rings. The molecule has 0 radical (unpaired) electrons. The van der Waals surface area contributed by atoms with E-state index in [-0.39, 0.29) is 11.5 Å². The van der Waals surface area contributed by atoms with Crippen molar-refractivity contribution in [1.82, 2.24) is 0 Å². The van der Waals surface area contributed by atoms with Gasteiger partial charge in [-0.05, 0) is 6.92 Å². The maximum absolute atomic E-state index is 11.7. The van der Waals surface area contributed by atoms with Crippen LogP contribution in [-0.2, 0) is 16.1 Å². The summed E-state index contributed by atoms with van der Waals surface area (Å²) >= 11 is 0. The summed E-state index contributed by atoms with van der Waals surface area (Å²) in [5.74, 6) is -3.70. The molecule has 0 aromatic carbocycles. The highest BCUT2D eigenvalue weighted by Gasteiger charge is 2.41. The van der Waals surface area contributed by atoms with Crippen LogP contribution >= 0.6 is 0 Å². The lowest BCUT2D eigenvalue weighted by molar-refractivity contribution is -0.201. The Balaban J connectivity index is 2.62. The van der Waals surface area contributed by atoms with Gasteiger partial charge in [-0.25, -0.2) is 9.59 Å². The molecule has 0 aliphatic carbocycles. The number of rotatable bonds is 2. The van der Waals surface area contributed by atoms with Crippen molar-refractivity contribution in [3.63, 3.8) is 0 Å². The summed E-state index contributed by atoms with van der Waals surface area (Å²) in [4.78, 5) is 20.7. The first kappa shape index (κ1) is 11.3. The molecule has 0 aliphatic heterocycles. The Hall–Kier alpha value is -1.73. The number of alkyl halides is 3. The van der Waals surface area contributed by atoms with Crippen LogP contribution in [-0.4, -0.2) is 12.1 Å². The van der Waals surface area contributed by atoms with Crippen LogP contribution in [0, 0.1) is 6.92 Å². The highest BCUT2D eigenvalue weighted by atomic mass is 19.4. The monoisotopic (exact) mass is 226 g/mol. The third-order valence-electron chi connectivity index (χ3n) is 1.40. The molecular formula is C7H5F3O5. The molecule has 0 N–H and O–H groups in total. The standard InChI is InChI=1S/C7H5F3O5/c1-3-4(15-6(12)14-3)2-13-5(11)7(8,9)10/h2H2,1H3. The van der Waals surface area contributed by atoms with Crippen LogP contribution in [0.4, 0.5) is 13.2 Å². The summed E-state index contributed by atoms with van der Waals surface area (Å²) in [6.07, 6.45) is -5.07. The third kappa shape index (κ3) is 2.86. The lowest BCUT2D eigenvalue weighted by Crippen LogP contribution is -2.25. The molecule has 15 heavy (non-hydrogen) atoms. The van der Waals surface area contributed by atoms with Crippen molar-refractivity contribution in [2.75, 3.05) is 0 Å². The summed E-state index contributed by atoms with van der Waals surface area (Å²) in [5.41, 5.74) is 0. The summed E-state index contributed by atoms with van der Waals surface area (Å²) in [6, 6.07) is 0. The molecule has 0 saturated heterocycles. The Morgan fingerprint density at radius 3 is 2.40 bits per heavy atom. The van der Waals surface area contributed by atoms with Gasteiger partial charge in [0.15, 0.2) is 18.1 Å². The van der Waals surface area contributed by atoms with Gasteiger partial charge < -0.3 is 13.6 Å². The summed E-state index contributed by atoms with van der Waals surface area (Å²) in [7, 11) is 0. The molecule has 0 saturated carbocycles. The number of hydrogen-bond acceptors (Lipinski definition) is 5. The summed E-state index contributed by atoms with van der Waals surface area (Å²) in [5, 5.41) is 0. The van der Waals surface area contributed by atoms with Gasteiger partial charge in [-0.2, -0.15) is 13.2 Å². The number of ether oxygens (including phenoxy) is 1. The molecule has 84 valence electrons. The van der Waals surface area contributed by atoms with Crippen LogP contribution in [0.2, 0.25) is 0 Å². The molecule has 1 aromatic heterocycles. The van der Waals surface area contributed by atoms with Crippen molar-refractivity contribution in [2.45, 2.75) is 19.7 Å². The Morgan fingerprint density at radius 2 is 2.00 bits per heavy atom. The van der Waals surface area contributed by atoms with Crippen molar-refractivity contribution >= 4 is 5.97 Å². The lowest BCUT2D eigenvalue weighted by Gasteiger charge is -2.04. The highest BCUT2D eigenvalue weighted by molar-refractivity contribution is 5.75. The fraction of sp³-hybridized carbons (Fsp3) is 0.429. The zero-order valence-electron chi connectivity index (χ0n) is 7.38. The second kappa shape index (κ2) is 3.79. The average Bonchev–Trinajstić information content (AvgIpc) is 2.39. The number of esters is 1. The fourth-order valence-corrected chi connectivity index (χ4v) is 0.719. The summed E-state index contributed by atoms with van der Waals surface area (Å²) < 4.78 is 47.5. The van der Waals surface area contributed by atoms with Crippen LogP contribution in [0.1, 0.15) is 11.5 Å². The van der Waals surface area contributed by atoms with E-state index >= 15 is 0 Å². The molecule has 8 heteroatoms. The zero-order chi connectivity index (χ0) is 11.6. The van der Waals surface area contributed by atoms with Gasteiger partial charge in [-0.1, -0.05) is 0 Å². The second-order valence-corrected chi connectivity index (χ2v) is 2.51. The number of halogens is 3. The number of aryl methyl sites for hydroxylation is 1. The first-order chi connectivity index (χ1) is 6.80. The molecule has 0 unspecified atom stereocenters. The van der Waals surface area contributed by atoms with Crippen LogP contribution in [0.15, 0.2) is 13.6 Å². The van der Waals surface area contributed by atoms with E-state index < -0.39 is 24.6 Å². The molecular weight excluding hydrogens is 221 g/mol. The first-order valence-electron chi connectivity index (χ1n) is 3.64. The highest BCUT2D eigenvalue weighted by Crippen LogP contribution is 2.18. The molecule has 1 rings (SSSR count). The normalized spacial score (nSPS) is 11.5. The van der Waals surface area contributed by atoms with Gasteiger partial charge >= 0.3 is 18.0 Å².